The molecular formula is C18H33N3O4. The summed E-state index contributed by atoms with van der Waals surface area (Å²) < 4.78 is 11.9. The Morgan fingerprint density at radius 2 is 1.88 bits per heavy atom. The van der Waals surface area contributed by atoms with Crippen LogP contribution in [-0.4, -0.2) is 67.8 Å². The number of morpholine rings is 1. The van der Waals surface area contributed by atoms with Crippen LogP contribution in [0.5, 0.6) is 0 Å². The first-order chi connectivity index (χ1) is 11.9. The lowest BCUT2D eigenvalue weighted by Gasteiger charge is -2.34. The zero-order chi connectivity index (χ0) is 18.4. The maximum atomic E-state index is 11.5. The van der Waals surface area contributed by atoms with Crippen LogP contribution >= 0.6 is 0 Å². The second-order valence-electron chi connectivity index (χ2n) is 7.52. The molecule has 0 aromatic rings. The van der Waals surface area contributed by atoms with Crippen LogP contribution in [0.25, 0.3) is 0 Å². The third kappa shape index (κ3) is 6.56. The molecule has 25 heavy (non-hydrogen) atoms. The highest BCUT2D eigenvalue weighted by molar-refractivity contribution is 5.76. The van der Waals surface area contributed by atoms with Gasteiger partial charge in [0.2, 0.25) is 11.8 Å². The molecule has 2 amide bonds. The number of fused-ring (bicyclic) bond motifs is 2. The third-order valence-corrected chi connectivity index (χ3v) is 5.22. The highest BCUT2D eigenvalue weighted by Crippen LogP contribution is 2.27. The van der Waals surface area contributed by atoms with Gasteiger partial charge in [-0.05, 0) is 38.6 Å². The molecule has 2 aliphatic rings. The number of hydrogen-bond acceptors (Lipinski definition) is 5. The zero-order valence-corrected chi connectivity index (χ0v) is 15.7. The van der Waals surface area contributed by atoms with Crippen molar-refractivity contribution in [3.8, 4) is 0 Å². The number of nitrogens with one attached hydrogen (secondary N) is 1. The first-order valence-electron chi connectivity index (χ1n) is 9.39. The average molecular weight is 355 g/mol. The summed E-state index contributed by atoms with van der Waals surface area (Å²) in [6, 6.07) is 0. The molecule has 5 unspecified atom stereocenters. The van der Waals surface area contributed by atoms with E-state index in [1.54, 1.807) is 7.05 Å². The standard InChI is InChI=1S/C18H33N3O4/c1-12(6-7-21-10-14-4-5-15(11-21)25-14)16(9-17(19)22)24-13(2)8-18(23)20-3/h12-16H,4-11H2,1-3H3,(H2,19,22)(H,20,23). The summed E-state index contributed by atoms with van der Waals surface area (Å²) >= 11 is 0. The molecule has 0 radical (unpaired) electrons. The molecule has 2 rings (SSSR count). The third-order valence-electron chi connectivity index (χ3n) is 5.22. The van der Waals surface area contributed by atoms with Crippen LogP contribution in [0.15, 0.2) is 0 Å². The second kappa shape index (κ2) is 9.50. The van der Waals surface area contributed by atoms with Gasteiger partial charge in [-0.2, -0.15) is 0 Å². The zero-order valence-electron chi connectivity index (χ0n) is 15.7. The number of hydrogen-bond donors (Lipinski definition) is 2. The van der Waals surface area contributed by atoms with Crippen LogP contribution in [0.2, 0.25) is 0 Å². The summed E-state index contributed by atoms with van der Waals surface area (Å²) in [6.45, 7) is 6.92. The number of rotatable bonds is 10. The first-order valence-corrected chi connectivity index (χ1v) is 9.39. The minimum Gasteiger partial charge on any atom is -0.374 e. The van der Waals surface area contributed by atoms with Crippen LogP contribution in [0.1, 0.15) is 46.0 Å². The Labute approximate surface area is 150 Å². The lowest BCUT2D eigenvalue weighted by molar-refractivity contribution is -0.128. The van der Waals surface area contributed by atoms with Gasteiger partial charge in [0.05, 0.1) is 37.3 Å². The van der Waals surface area contributed by atoms with Gasteiger partial charge in [0.1, 0.15) is 0 Å². The number of nitrogens with two attached hydrogens (primary N) is 1. The summed E-state index contributed by atoms with van der Waals surface area (Å²) in [7, 11) is 1.61. The summed E-state index contributed by atoms with van der Waals surface area (Å²) in [4.78, 5) is 25.4. The summed E-state index contributed by atoms with van der Waals surface area (Å²) in [5, 5.41) is 2.59. The number of amides is 2. The van der Waals surface area contributed by atoms with Gasteiger partial charge < -0.3 is 20.5 Å². The quantitative estimate of drug-likeness (QED) is 0.600. The van der Waals surface area contributed by atoms with Crippen molar-refractivity contribution >= 4 is 11.8 Å². The fraction of sp³-hybridized carbons (Fsp3) is 0.889. The van der Waals surface area contributed by atoms with Crippen molar-refractivity contribution in [1.82, 2.24) is 10.2 Å². The van der Waals surface area contributed by atoms with E-state index in [4.69, 9.17) is 15.2 Å². The van der Waals surface area contributed by atoms with E-state index < -0.39 is 0 Å². The van der Waals surface area contributed by atoms with E-state index in [1.165, 1.54) is 12.8 Å². The molecule has 2 fully saturated rings. The molecule has 3 N–H and O–H groups in total. The Morgan fingerprint density at radius 1 is 1.24 bits per heavy atom. The monoisotopic (exact) mass is 355 g/mol. The van der Waals surface area contributed by atoms with Crippen molar-refractivity contribution in [2.45, 2.75) is 70.4 Å². The molecule has 0 aliphatic carbocycles. The van der Waals surface area contributed by atoms with Gasteiger partial charge in [0.25, 0.3) is 0 Å². The minimum atomic E-state index is -0.367. The molecule has 144 valence electrons. The molecular weight excluding hydrogens is 322 g/mol. The minimum absolute atomic E-state index is 0.0678. The van der Waals surface area contributed by atoms with Crippen molar-refractivity contribution in [2.24, 2.45) is 11.7 Å². The summed E-state index contributed by atoms with van der Waals surface area (Å²) in [5.41, 5.74) is 5.39. The highest BCUT2D eigenvalue weighted by atomic mass is 16.5. The van der Waals surface area contributed by atoms with Crippen LogP contribution < -0.4 is 11.1 Å². The fourth-order valence-corrected chi connectivity index (χ4v) is 3.75. The maximum Gasteiger partial charge on any atom is 0.222 e. The molecule has 2 bridgehead atoms. The number of likely N-dealkylation sites (tertiary alicyclic amines) is 1. The van der Waals surface area contributed by atoms with E-state index in [0.29, 0.717) is 12.2 Å². The Morgan fingerprint density at radius 3 is 2.44 bits per heavy atom. The van der Waals surface area contributed by atoms with Crippen molar-refractivity contribution in [2.75, 3.05) is 26.7 Å². The van der Waals surface area contributed by atoms with Crippen LogP contribution in [0.3, 0.4) is 0 Å². The predicted molar refractivity (Wildman–Crippen MR) is 94.9 cm³/mol. The maximum absolute atomic E-state index is 11.5. The molecule has 0 aromatic carbocycles. The van der Waals surface area contributed by atoms with Gasteiger partial charge in [-0.15, -0.1) is 0 Å². The summed E-state index contributed by atoms with van der Waals surface area (Å²) in [5.74, 6) is -0.240. The number of carbonyl (C=O) groups is 2. The van der Waals surface area contributed by atoms with E-state index in [2.05, 4.69) is 17.1 Å². The normalized spacial score (nSPS) is 26.8. The number of primary amides is 1. The van der Waals surface area contributed by atoms with E-state index in [1.807, 2.05) is 6.92 Å². The number of nitrogens with zero attached hydrogens (tertiary/aromatic N) is 1. The highest BCUT2D eigenvalue weighted by Gasteiger charge is 2.34. The molecule has 5 atom stereocenters. The average Bonchev–Trinajstić information content (AvgIpc) is 2.89. The van der Waals surface area contributed by atoms with E-state index >= 15 is 0 Å². The van der Waals surface area contributed by atoms with Gasteiger partial charge in [0.15, 0.2) is 0 Å². The van der Waals surface area contributed by atoms with E-state index in [9.17, 15) is 9.59 Å². The Hall–Kier alpha value is -1.18. The van der Waals surface area contributed by atoms with Gasteiger partial charge in [-0.1, -0.05) is 6.92 Å². The molecule has 2 heterocycles. The smallest absolute Gasteiger partial charge is 0.222 e. The second-order valence-corrected chi connectivity index (χ2v) is 7.52. The SMILES string of the molecule is CNC(=O)CC(C)OC(CC(N)=O)C(C)CCN1CC2CCC(C1)O2. The van der Waals surface area contributed by atoms with Crippen molar-refractivity contribution in [3.63, 3.8) is 0 Å². The summed E-state index contributed by atoms with van der Waals surface area (Å²) in [6.07, 6.45) is 4.02. The van der Waals surface area contributed by atoms with Crippen molar-refractivity contribution in [3.05, 3.63) is 0 Å². The van der Waals surface area contributed by atoms with Gasteiger partial charge in [-0.3, -0.25) is 14.5 Å². The topological polar surface area (TPSA) is 93.9 Å². The fourth-order valence-electron chi connectivity index (χ4n) is 3.75. The molecule has 7 nitrogen and oxygen atoms in total. The molecule has 7 heteroatoms. The molecule has 0 saturated carbocycles. The van der Waals surface area contributed by atoms with Crippen LogP contribution in [0.4, 0.5) is 0 Å². The first kappa shape index (κ1) is 20.1. The molecule has 0 aromatic heterocycles. The van der Waals surface area contributed by atoms with E-state index in [0.717, 1.165) is 26.1 Å². The predicted octanol–water partition coefficient (Wildman–Crippen LogP) is 0.661. The Bertz CT molecular complexity index is 448. The molecule has 0 spiro atoms. The van der Waals surface area contributed by atoms with Gasteiger partial charge in [0, 0.05) is 20.1 Å². The lowest BCUT2D eigenvalue weighted by Crippen LogP contribution is -2.44. The van der Waals surface area contributed by atoms with Gasteiger partial charge >= 0.3 is 0 Å². The molecule has 2 aliphatic heterocycles. The van der Waals surface area contributed by atoms with Crippen LogP contribution in [0, 0.1) is 5.92 Å². The van der Waals surface area contributed by atoms with E-state index in [-0.39, 0.29) is 42.8 Å². The van der Waals surface area contributed by atoms with Crippen LogP contribution in [-0.2, 0) is 19.1 Å². The molecule has 2 saturated heterocycles. The van der Waals surface area contributed by atoms with Crippen molar-refractivity contribution < 1.29 is 19.1 Å². The Kier molecular flexibility index (Phi) is 7.65. The lowest BCUT2D eigenvalue weighted by atomic mass is 9.97. The van der Waals surface area contributed by atoms with Gasteiger partial charge in [-0.25, -0.2) is 0 Å². The van der Waals surface area contributed by atoms with Crippen molar-refractivity contribution in [1.29, 1.82) is 0 Å². The number of carbonyl (C=O) groups excluding carboxylic acids is 2. The Balaban J connectivity index is 1.81. The largest absolute Gasteiger partial charge is 0.374 e. The number of ether oxygens (including phenoxy) is 2.